The van der Waals surface area contributed by atoms with Crippen molar-refractivity contribution < 1.29 is 4.79 Å². The van der Waals surface area contributed by atoms with E-state index in [4.69, 9.17) is 0 Å². The lowest BCUT2D eigenvalue weighted by atomic mass is 10.3. The third-order valence-corrected chi connectivity index (χ3v) is 3.59. The lowest BCUT2D eigenvalue weighted by Gasteiger charge is -2.25. The molecule has 1 aromatic rings. The van der Waals surface area contributed by atoms with Crippen LogP contribution in [0.25, 0.3) is 0 Å². The molecule has 17 heavy (non-hydrogen) atoms. The van der Waals surface area contributed by atoms with Gasteiger partial charge in [0.2, 0.25) is 5.91 Å². The van der Waals surface area contributed by atoms with Gasteiger partial charge in [0.15, 0.2) is 0 Å². The van der Waals surface area contributed by atoms with Crippen molar-refractivity contribution in [2.45, 2.75) is 40.3 Å². The molecule has 3 nitrogen and oxygen atoms in total. The Bertz CT molecular complexity index is 360. The van der Waals surface area contributed by atoms with Crippen molar-refractivity contribution in [3.8, 4) is 0 Å². The first-order valence-corrected chi connectivity index (χ1v) is 6.90. The molecule has 96 valence electrons. The van der Waals surface area contributed by atoms with Crippen LogP contribution in [0.3, 0.4) is 0 Å². The number of thiophene rings is 1. The fourth-order valence-electron chi connectivity index (χ4n) is 1.63. The van der Waals surface area contributed by atoms with Crippen LogP contribution in [0, 0.1) is 6.92 Å². The molecule has 0 aromatic carbocycles. The minimum absolute atomic E-state index is 0.106. The lowest BCUT2D eigenvalue weighted by Crippen LogP contribution is -2.40. The molecule has 0 atom stereocenters. The van der Waals surface area contributed by atoms with Crippen molar-refractivity contribution in [2.24, 2.45) is 0 Å². The Hall–Kier alpha value is -0.870. The quantitative estimate of drug-likeness (QED) is 0.845. The zero-order valence-electron chi connectivity index (χ0n) is 11.1. The molecule has 0 spiro atoms. The number of carbonyl (C=O) groups is 1. The molecule has 1 heterocycles. The number of hydrogen-bond acceptors (Lipinski definition) is 3. The van der Waals surface area contributed by atoms with Gasteiger partial charge in [0.05, 0.1) is 6.54 Å². The Kier molecular flexibility index (Phi) is 5.65. The van der Waals surface area contributed by atoms with E-state index in [2.05, 4.69) is 43.1 Å². The molecule has 0 bridgehead atoms. The summed E-state index contributed by atoms with van der Waals surface area (Å²) in [5, 5.41) is 2.84. The maximum absolute atomic E-state index is 11.6. The van der Waals surface area contributed by atoms with E-state index in [-0.39, 0.29) is 5.91 Å². The molecule has 0 unspecified atom stereocenters. The minimum Gasteiger partial charge on any atom is -0.355 e. The Morgan fingerprint density at radius 1 is 1.47 bits per heavy atom. The monoisotopic (exact) mass is 254 g/mol. The van der Waals surface area contributed by atoms with E-state index < -0.39 is 0 Å². The van der Waals surface area contributed by atoms with Crippen LogP contribution in [0.2, 0.25) is 0 Å². The Morgan fingerprint density at radius 3 is 2.65 bits per heavy atom. The maximum Gasteiger partial charge on any atom is 0.234 e. The van der Waals surface area contributed by atoms with Crippen LogP contribution in [-0.4, -0.2) is 29.9 Å². The first-order chi connectivity index (χ1) is 8.02. The number of nitrogens with zero attached hydrogens (tertiary/aromatic N) is 1. The van der Waals surface area contributed by atoms with Crippen LogP contribution in [0.5, 0.6) is 0 Å². The number of nitrogens with one attached hydrogen (secondary N) is 1. The summed E-state index contributed by atoms with van der Waals surface area (Å²) in [6, 6.07) is 4.65. The summed E-state index contributed by atoms with van der Waals surface area (Å²) in [5.74, 6) is 0.106. The predicted octanol–water partition coefficient (Wildman–Crippen LogP) is 2.40. The normalized spacial score (nSPS) is 11.2. The van der Waals surface area contributed by atoms with E-state index in [0.29, 0.717) is 19.1 Å². The van der Waals surface area contributed by atoms with Gasteiger partial charge in [0.1, 0.15) is 0 Å². The molecule has 0 saturated heterocycles. The molecule has 0 aliphatic carbocycles. The number of amides is 1. The Labute approximate surface area is 108 Å². The molecule has 1 N–H and O–H groups in total. The molecular weight excluding hydrogens is 232 g/mol. The second-order valence-electron chi connectivity index (χ2n) is 4.46. The van der Waals surface area contributed by atoms with Crippen LogP contribution in [-0.2, 0) is 11.3 Å². The Balaban J connectivity index is 2.57. The van der Waals surface area contributed by atoms with Gasteiger partial charge in [-0.3, -0.25) is 9.69 Å². The van der Waals surface area contributed by atoms with Gasteiger partial charge in [-0.15, -0.1) is 11.3 Å². The number of aryl methyl sites for hydroxylation is 1. The molecule has 1 amide bonds. The molecule has 0 saturated carbocycles. The maximum atomic E-state index is 11.6. The highest BCUT2D eigenvalue weighted by atomic mass is 32.1. The average Bonchev–Trinajstić information content (AvgIpc) is 2.63. The van der Waals surface area contributed by atoms with Crippen LogP contribution in [0.1, 0.15) is 30.5 Å². The molecule has 0 aliphatic heterocycles. The molecule has 1 rings (SSSR count). The number of likely N-dealkylation sites (N-methyl/N-ethyl adjacent to an activating group) is 1. The van der Waals surface area contributed by atoms with Gasteiger partial charge in [-0.25, -0.2) is 0 Å². The second kappa shape index (κ2) is 6.77. The number of rotatable bonds is 6. The fraction of sp³-hybridized carbons (Fsp3) is 0.615. The van der Waals surface area contributed by atoms with E-state index in [9.17, 15) is 4.79 Å². The molecule has 0 aliphatic rings. The van der Waals surface area contributed by atoms with Gasteiger partial charge >= 0.3 is 0 Å². The van der Waals surface area contributed by atoms with Gasteiger partial charge in [-0.2, -0.15) is 0 Å². The third-order valence-electron chi connectivity index (χ3n) is 2.61. The number of hydrogen-bond donors (Lipinski definition) is 1. The SMILES string of the molecule is CCNC(=O)CN(Cc1ccc(C)s1)C(C)C. The van der Waals surface area contributed by atoms with Gasteiger partial charge in [0.25, 0.3) is 0 Å². The van der Waals surface area contributed by atoms with Crippen LogP contribution in [0.4, 0.5) is 0 Å². The van der Waals surface area contributed by atoms with Crippen LogP contribution in [0.15, 0.2) is 12.1 Å². The molecule has 0 radical (unpaired) electrons. The predicted molar refractivity (Wildman–Crippen MR) is 73.3 cm³/mol. The summed E-state index contributed by atoms with van der Waals surface area (Å²) in [6.07, 6.45) is 0. The van der Waals surface area contributed by atoms with Crippen molar-refractivity contribution >= 4 is 17.2 Å². The van der Waals surface area contributed by atoms with E-state index in [1.165, 1.54) is 9.75 Å². The largest absolute Gasteiger partial charge is 0.355 e. The highest BCUT2D eigenvalue weighted by molar-refractivity contribution is 7.11. The van der Waals surface area contributed by atoms with Crippen LogP contribution >= 0.6 is 11.3 Å². The summed E-state index contributed by atoms with van der Waals surface area (Å²) >= 11 is 1.80. The first kappa shape index (κ1) is 14.2. The zero-order chi connectivity index (χ0) is 12.8. The van der Waals surface area contributed by atoms with E-state index in [0.717, 1.165) is 6.54 Å². The highest BCUT2D eigenvalue weighted by Crippen LogP contribution is 2.18. The smallest absolute Gasteiger partial charge is 0.234 e. The van der Waals surface area contributed by atoms with Crippen molar-refractivity contribution in [3.63, 3.8) is 0 Å². The van der Waals surface area contributed by atoms with E-state index >= 15 is 0 Å². The van der Waals surface area contributed by atoms with Gasteiger partial charge < -0.3 is 5.32 Å². The van der Waals surface area contributed by atoms with E-state index in [1.807, 2.05) is 6.92 Å². The lowest BCUT2D eigenvalue weighted by molar-refractivity contribution is -0.122. The van der Waals surface area contributed by atoms with Gasteiger partial charge in [-0.05, 0) is 39.8 Å². The van der Waals surface area contributed by atoms with E-state index in [1.54, 1.807) is 11.3 Å². The first-order valence-electron chi connectivity index (χ1n) is 6.09. The van der Waals surface area contributed by atoms with Gasteiger partial charge in [-0.1, -0.05) is 0 Å². The average molecular weight is 254 g/mol. The summed E-state index contributed by atoms with van der Waals surface area (Å²) < 4.78 is 0. The van der Waals surface area contributed by atoms with Crippen LogP contribution < -0.4 is 5.32 Å². The highest BCUT2D eigenvalue weighted by Gasteiger charge is 2.14. The summed E-state index contributed by atoms with van der Waals surface area (Å²) in [7, 11) is 0. The van der Waals surface area contributed by atoms with Crippen molar-refractivity contribution in [1.29, 1.82) is 0 Å². The van der Waals surface area contributed by atoms with Crippen molar-refractivity contribution in [3.05, 3.63) is 21.9 Å². The van der Waals surface area contributed by atoms with Crippen molar-refractivity contribution in [1.82, 2.24) is 10.2 Å². The fourth-order valence-corrected chi connectivity index (χ4v) is 2.54. The Morgan fingerprint density at radius 2 is 2.18 bits per heavy atom. The molecule has 4 heteroatoms. The molecule has 0 fully saturated rings. The second-order valence-corrected chi connectivity index (χ2v) is 5.84. The summed E-state index contributed by atoms with van der Waals surface area (Å²) in [4.78, 5) is 16.4. The standard InChI is InChI=1S/C13H22N2OS/c1-5-14-13(16)9-15(10(2)3)8-12-7-6-11(4)17-12/h6-7,10H,5,8-9H2,1-4H3,(H,14,16). The molecular formula is C13H22N2OS. The summed E-state index contributed by atoms with van der Waals surface area (Å²) in [5.41, 5.74) is 0. The molecule has 1 aromatic heterocycles. The number of carbonyl (C=O) groups excluding carboxylic acids is 1. The van der Waals surface area contributed by atoms with Gasteiger partial charge in [0, 0.05) is 28.9 Å². The topological polar surface area (TPSA) is 32.3 Å². The minimum atomic E-state index is 0.106. The van der Waals surface area contributed by atoms with Crippen molar-refractivity contribution in [2.75, 3.05) is 13.1 Å². The third kappa shape index (κ3) is 4.88. The zero-order valence-corrected chi connectivity index (χ0v) is 11.9. The summed E-state index contributed by atoms with van der Waals surface area (Å²) in [6.45, 7) is 10.3.